The number of carbonyl (C=O) groups excluding carboxylic acids is 5. The van der Waals surface area contributed by atoms with Crippen LogP contribution in [0, 0.1) is 12.8 Å². The third kappa shape index (κ3) is 18.3. The van der Waals surface area contributed by atoms with Crippen molar-refractivity contribution in [2.75, 3.05) is 119 Å². The summed E-state index contributed by atoms with van der Waals surface area (Å²) in [7, 11) is 1.37. The van der Waals surface area contributed by atoms with E-state index in [4.69, 9.17) is 59.5 Å². The average molecular weight is 1350 g/mol. The maximum atomic E-state index is 14.6. The predicted octanol–water partition coefficient (Wildman–Crippen LogP) is 12.1. The molecule has 21 nitrogen and oxygen atoms in total. The molecule has 4 amide bonds. The maximum absolute atomic E-state index is 14.6. The third-order valence-corrected chi connectivity index (χ3v) is 18.3. The second-order valence-electron chi connectivity index (χ2n) is 27.0. The molecule has 1 aromatic heterocycles. The standard InChI is InChI=1S/C75H93ClN8O13/c1-48(78-69(85)52-20-18-50(19-21-52)51-22-25-55(26-23-51)81-73(89)97-75(6,7)8)61-47-66(80-49(2)79-61)84-62-17-13-10-14-53(62)44-64(84)70(86)77-30-33-91-36-38-93-40-42-95-43-41-94-39-37-92-34-31-82-32-35-96-65-29-24-54(45-63(65)82)68-67(72(88)90-9)57-15-11-12-16-58(57)71(87)83(68)56-27-28-59(60(76)46-56)74(3,4)5/h11-12,15-16,18-29,45-48,53,62,64,67-68H,10,13-14,17,30-44H2,1-9H3,(H,77,86)(H,78,85)(H,81,89)/t48-,53-,62-,64-,67-,68+/m0/s1. The molecule has 5 aromatic carbocycles. The van der Waals surface area contributed by atoms with Gasteiger partial charge in [-0.05, 0) is 148 Å². The van der Waals surface area contributed by atoms with E-state index in [0.29, 0.717) is 154 Å². The number of benzene rings is 5. The van der Waals surface area contributed by atoms with E-state index < -0.39 is 41.7 Å². The minimum Gasteiger partial charge on any atom is -0.490 e. The molecule has 6 atom stereocenters. The van der Waals surface area contributed by atoms with E-state index in [1.807, 2.05) is 113 Å². The molecule has 6 aromatic rings. The molecule has 1 saturated heterocycles. The van der Waals surface area contributed by atoms with Gasteiger partial charge in [0.05, 0.1) is 103 Å². The van der Waals surface area contributed by atoms with Crippen molar-refractivity contribution in [2.45, 2.75) is 129 Å². The number of hydrogen-bond acceptors (Lipinski definition) is 17. The average Bonchev–Trinajstić information content (AvgIpc) is 1.25. The molecule has 0 spiro atoms. The van der Waals surface area contributed by atoms with E-state index in [-0.39, 0.29) is 29.2 Å². The Morgan fingerprint density at radius 2 is 1.39 bits per heavy atom. The highest BCUT2D eigenvalue weighted by Gasteiger charge is 2.48. The largest absolute Gasteiger partial charge is 0.490 e. The Bertz CT molecular complexity index is 3690. The number of esters is 1. The number of methoxy groups -OCH3 is 1. The molecule has 1 saturated carbocycles. The summed E-state index contributed by atoms with van der Waals surface area (Å²) in [6, 6.07) is 33.9. The number of fused-ring (bicyclic) bond motifs is 3. The topological polar surface area (TPSA) is 231 Å². The number of amides is 4. The summed E-state index contributed by atoms with van der Waals surface area (Å²) in [5.41, 5.74) is 6.90. The summed E-state index contributed by atoms with van der Waals surface area (Å²) in [4.78, 5) is 84.0. The Morgan fingerprint density at radius 1 is 0.742 bits per heavy atom. The van der Waals surface area contributed by atoms with E-state index >= 15 is 0 Å². The van der Waals surface area contributed by atoms with Gasteiger partial charge in [0.1, 0.15) is 41.6 Å². The van der Waals surface area contributed by atoms with Gasteiger partial charge in [0.15, 0.2) is 0 Å². The van der Waals surface area contributed by atoms with Gasteiger partial charge in [-0.3, -0.25) is 29.4 Å². The van der Waals surface area contributed by atoms with Crippen LogP contribution >= 0.6 is 11.6 Å². The summed E-state index contributed by atoms with van der Waals surface area (Å²) in [6.07, 6.45) is 4.45. The van der Waals surface area contributed by atoms with E-state index in [0.717, 1.165) is 60.0 Å². The lowest BCUT2D eigenvalue weighted by Gasteiger charge is -2.42. The molecular weight excluding hydrogens is 1260 g/mol. The number of anilines is 4. The van der Waals surface area contributed by atoms with Crippen LogP contribution in [0.25, 0.3) is 11.1 Å². The summed E-state index contributed by atoms with van der Waals surface area (Å²) < 4.78 is 46.0. The van der Waals surface area contributed by atoms with Crippen LogP contribution in [0.1, 0.15) is 147 Å². The first kappa shape index (κ1) is 71.6. The first-order valence-electron chi connectivity index (χ1n) is 33.8. The predicted molar refractivity (Wildman–Crippen MR) is 373 cm³/mol. The van der Waals surface area contributed by atoms with Crippen LogP contribution in [0.2, 0.25) is 5.02 Å². The molecule has 2 fully saturated rings. The molecule has 1 aliphatic carbocycles. The van der Waals surface area contributed by atoms with Crippen molar-refractivity contribution in [1.82, 2.24) is 20.6 Å². The van der Waals surface area contributed by atoms with Gasteiger partial charge in [-0.2, -0.15) is 0 Å². The van der Waals surface area contributed by atoms with Gasteiger partial charge in [0.2, 0.25) is 5.91 Å². The van der Waals surface area contributed by atoms with Crippen LogP contribution < -0.4 is 35.4 Å². The Balaban J connectivity index is 0.607. The quantitative estimate of drug-likeness (QED) is 0.0306. The van der Waals surface area contributed by atoms with E-state index in [9.17, 15) is 24.0 Å². The number of halogens is 1. The Kier molecular flexibility index (Phi) is 24.3. The van der Waals surface area contributed by atoms with Gasteiger partial charge >= 0.3 is 12.1 Å². The monoisotopic (exact) mass is 1350 g/mol. The molecule has 0 bridgehead atoms. The van der Waals surface area contributed by atoms with Crippen LogP contribution in [0.4, 0.5) is 27.7 Å². The molecular formula is C75H93ClN8O13. The van der Waals surface area contributed by atoms with Crippen LogP contribution in [0.15, 0.2) is 115 Å². The second-order valence-corrected chi connectivity index (χ2v) is 27.4. The Morgan fingerprint density at radius 3 is 2.05 bits per heavy atom. The number of rotatable bonds is 28. The van der Waals surface area contributed by atoms with Crippen molar-refractivity contribution in [3.05, 3.63) is 160 Å². The van der Waals surface area contributed by atoms with Crippen molar-refractivity contribution >= 4 is 64.3 Å². The van der Waals surface area contributed by atoms with Gasteiger partial charge < -0.3 is 58.3 Å². The highest BCUT2D eigenvalue weighted by molar-refractivity contribution is 6.32. The minimum atomic E-state index is -0.829. The number of ether oxygens (including phenoxy) is 8. The Hall–Kier alpha value is -8.18. The molecule has 518 valence electrons. The van der Waals surface area contributed by atoms with E-state index in [2.05, 4.69) is 46.5 Å². The smallest absolute Gasteiger partial charge is 0.412 e. The lowest BCUT2D eigenvalue weighted by Crippen LogP contribution is -2.48. The summed E-state index contributed by atoms with van der Waals surface area (Å²) in [5, 5.41) is 9.52. The Labute approximate surface area is 574 Å². The van der Waals surface area contributed by atoms with E-state index in [1.165, 1.54) is 7.11 Å². The minimum absolute atomic E-state index is 0.0653. The van der Waals surface area contributed by atoms with Gasteiger partial charge in [0, 0.05) is 52.7 Å². The lowest BCUT2D eigenvalue weighted by molar-refractivity contribution is -0.143. The number of aromatic nitrogens is 2. The summed E-state index contributed by atoms with van der Waals surface area (Å²) in [5.74, 6) is 0.471. The zero-order valence-electron chi connectivity index (χ0n) is 57.3. The van der Waals surface area contributed by atoms with Crippen LogP contribution in [0.3, 0.4) is 0 Å². The maximum Gasteiger partial charge on any atom is 0.412 e. The fourth-order valence-corrected chi connectivity index (χ4v) is 13.8. The van der Waals surface area contributed by atoms with Crippen molar-refractivity contribution in [2.24, 2.45) is 5.92 Å². The normalized spacial score (nSPS) is 18.7. The summed E-state index contributed by atoms with van der Waals surface area (Å²) >= 11 is 6.93. The van der Waals surface area contributed by atoms with Crippen molar-refractivity contribution in [1.29, 1.82) is 0 Å². The van der Waals surface area contributed by atoms with Gasteiger partial charge in [-0.1, -0.05) is 99.8 Å². The van der Waals surface area contributed by atoms with Crippen LogP contribution in [0.5, 0.6) is 5.75 Å². The van der Waals surface area contributed by atoms with Crippen molar-refractivity contribution < 1.29 is 61.9 Å². The lowest BCUT2D eigenvalue weighted by atomic mass is 9.79. The fourth-order valence-electron chi connectivity index (χ4n) is 13.3. The highest BCUT2D eigenvalue weighted by Crippen LogP contribution is 2.49. The van der Waals surface area contributed by atoms with Crippen molar-refractivity contribution in [3.63, 3.8) is 0 Å². The highest BCUT2D eigenvalue weighted by atomic mass is 35.5. The van der Waals surface area contributed by atoms with Gasteiger partial charge in [-0.25, -0.2) is 14.8 Å². The van der Waals surface area contributed by atoms with Crippen LogP contribution in [-0.4, -0.2) is 157 Å². The first-order chi connectivity index (χ1) is 46.6. The zero-order chi connectivity index (χ0) is 68.8. The van der Waals surface area contributed by atoms with Gasteiger partial charge in [-0.15, -0.1) is 0 Å². The number of aryl methyl sites for hydroxylation is 1. The molecule has 4 heterocycles. The molecule has 0 radical (unpaired) electrons. The first-order valence-corrected chi connectivity index (χ1v) is 34.2. The summed E-state index contributed by atoms with van der Waals surface area (Å²) in [6.45, 7) is 21.4. The second kappa shape index (κ2) is 32.9. The zero-order valence-corrected chi connectivity index (χ0v) is 58.0. The van der Waals surface area contributed by atoms with Crippen molar-refractivity contribution in [3.8, 4) is 16.9 Å². The third-order valence-electron chi connectivity index (χ3n) is 18.0. The molecule has 3 aliphatic heterocycles. The number of carbonyl (C=O) groups is 5. The van der Waals surface area contributed by atoms with Crippen LogP contribution in [-0.2, 0) is 48.2 Å². The SMILES string of the molecule is COC(=O)[C@H]1c2ccccc2C(=O)N(c2ccc(C(C)(C)C)c(Cl)c2)[C@@H]1c1ccc2c(c1)N(CCOCCOCCOCCOCCOCCNC(=O)[C@@H]1C[C@@H]3CCCC[C@@H]3N1c1cc([C@H](C)NC(=O)c3ccc(-c4ccc(NC(=O)OC(C)(C)C)cc4)cc3)nc(C)n1)CCO2. The molecule has 4 aliphatic rings. The molecule has 0 unspecified atom stereocenters. The fraction of sp³-hybridized carbons (Fsp3) is 0.480. The number of nitrogens with one attached hydrogen (secondary N) is 3. The van der Waals surface area contributed by atoms with Gasteiger partial charge in [0.25, 0.3) is 11.8 Å². The molecule has 3 N–H and O–H groups in total. The number of nitrogens with zero attached hydrogens (tertiary/aromatic N) is 5. The number of hydrogen-bond donors (Lipinski definition) is 3. The van der Waals surface area contributed by atoms with E-state index in [1.54, 1.807) is 41.3 Å². The molecule has 10 rings (SSSR count). The molecule has 22 heteroatoms. The molecule has 97 heavy (non-hydrogen) atoms.